The number of hydrogen-bond donors (Lipinski definition) is 0. The maximum Gasteiger partial charge on any atom is 0.235 e. The van der Waals surface area contributed by atoms with Gasteiger partial charge in [-0.15, -0.1) is 0 Å². The Morgan fingerprint density at radius 3 is 2.70 bits per heavy atom. The number of hydrogen-bond acceptors (Lipinski definition) is 7. The number of rotatable bonds is 4. The van der Waals surface area contributed by atoms with E-state index in [9.17, 15) is 4.79 Å². The molecule has 166 valence electrons. The molecule has 4 aromatic rings. The molecule has 3 aromatic carbocycles. The molecule has 0 atom stereocenters. The second kappa shape index (κ2) is 8.13. The van der Waals surface area contributed by atoms with Crippen molar-refractivity contribution >= 4 is 26.9 Å². The van der Waals surface area contributed by atoms with Gasteiger partial charge in [-0.25, -0.2) is 0 Å². The van der Waals surface area contributed by atoms with Crippen molar-refractivity contribution in [1.29, 1.82) is 0 Å². The Balaban J connectivity index is 1.29. The lowest BCUT2D eigenvalue weighted by Gasteiger charge is -2.29. The van der Waals surface area contributed by atoms with Crippen molar-refractivity contribution in [2.75, 3.05) is 13.5 Å². The van der Waals surface area contributed by atoms with Crippen LogP contribution in [0.3, 0.4) is 0 Å². The van der Waals surface area contributed by atoms with Gasteiger partial charge in [0.05, 0.1) is 15.4 Å². The van der Waals surface area contributed by atoms with Crippen LogP contribution < -0.4 is 24.4 Å². The second-order valence-corrected chi connectivity index (χ2v) is 8.68. The summed E-state index contributed by atoms with van der Waals surface area (Å²) >= 11 is 3.43. The standard InChI is InChI=1S/C25H18BrNO6/c26-18-3-1-2-4-20(18)33-23-12-29-25-16(24(23)28)6-8-19-17(25)11-27(13-30-19)10-15-5-7-21-22(9-15)32-14-31-21/h1-9,12H,10-11,13-14H2. The molecule has 0 N–H and O–H groups in total. The van der Waals surface area contributed by atoms with Gasteiger partial charge in [-0.05, 0) is 57.9 Å². The fourth-order valence-electron chi connectivity index (χ4n) is 4.05. The van der Waals surface area contributed by atoms with Crippen LogP contribution >= 0.6 is 15.9 Å². The monoisotopic (exact) mass is 507 g/mol. The molecule has 1 aromatic heterocycles. The first-order valence-electron chi connectivity index (χ1n) is 10.4. The fraction of sp³-hybridized carbons (Fsp3) is 0.160. The lowest BCUT2D eigenvalue weighted by atomic mass is 10.1. The number of nitrogens with zero attached hydrogens (tertiary/aromatic N) is 1. The first-order valence-corrected chi connectivity index (χ1v) is 11.2. The van der Waals surface area contributed by atoms with Crippen LogP contribution in [-0.2, 0) is 13.1 Å². The number of halogens is 1. The van der Waals surface area contributed by atoms with E-state index in [1.54, 1.807) is 12.1 Å². The van der Waals surface area contributed by atoms with Crippen LogP contribution in [0.5, 0.6) is 28.7 Å². The molecule has 8 heteroatoms. The minimum Gasteiger partial charge on any atom is -0.478 e. The Morgan fingerprint density at radius 1 is 0.939 bits per heavy atom. The van der Waals surface area contributed by atoms with Crippen LogP contribution in [0.25, 0.3) is 11.0 Å². The maximum atomic E-state index is 13.1. The lowest BCUT2D eigenvalue weighted by Crippen LogP contribution is -2.31. The molecule has 7 nitrogen and oxygen atoms in total. The molecule has 0 bridgehead atoms. The summed E-state index contributed by atoms with van der Waals surface area (Å²) in [7, 11) is 0. The number of para-hydroxylation sites is 1. The number of fused-ring (bicyclic) bond motifs is 4. The Bertz CT molecular complexity index is 1430. The summed E-state index contributed by atoms with van der Waals surface area (Å²) in [6, 6.07) is 16.8. The number of ether oxygens (including phenoxy) is 4. The molecule has 2 aliphatic rings. The molecule has 33 heavy (non-hydrogen) atoms. The van der Waals surface area contributed by atoms with Crippen molar-refractivity contribution in [3.63, 3.8) is 0 Å². The Labute approximate surface area is 197 Å². The van der Waals surface area contributed by atoms with E-state index in [1.807, 2.05) is 42.5 Å². The summed E-state index contributed by atoms with van der Waals surface area (Å²) in [6.45, 7) is 1.91. The lowest BCUT2D eigenvalue weighted by molar-refractivity contribution is 0.0889. The smallest absolute Gasteiger partial charge is 0.235 e. The molecule has 0 spiro atoms. The average molecular weight is 508 g/mol. The molecule has 0 saturated carbocycles. The van der Waals surface area contributed by atoms with Gasteiger partial charge < -0.3 is 23.4 Å². The van der Waals surface area contributed by atoms with E-state index in [0.29, 0.717) is 42.3 Å². The van der Waals surface area contributed by atoms with Crippen LogP contribution in [0.2, 0.25) is 0 Å². The molecule has 0 radical (unpaired) electrons. The van der Waals surface area contributed by atoms with E-state index < -0.39 is 0 Å². The topological polar surface area (TPSA) is 70.4 Å². The van der Waals surface area contributed by atoms with Crippen LogP contribution in [0.15, 0.2) is 74.5 Å². The summed E-state index contributed by atoms with van der Waals surface area (Å²) < 4.78 is 29.3. The van der Waals surface area contributed by atoms with E-state index in [1.165, 1.54) is 6.26 Å². The third kappa shape index (κ3) is 3.71. The van der Waals surface area contributed by atoms with E-state index in [4.69, 9.17) is 23.4 Å². The van der Waals surface area contributed by atoms with Gasteiger partial charge in [0.2, 0.25) is 18.0 Å². The highest BCUT2D eigenvalue weighted by Gasteiger charge is 2.24. The van der Waals surface area contributed by atoms with E-state index in [-0.39, 0.29) is 18.0 Å². The minimum atomic E-state index is -0.234. The van der Waals surface area contributed by atoms with E-state index in [0.717, 1.165) is 27.1 Å². The van der Waals surface area contributed by atoms with Gasteiger partial charge in [0, 0.05) is 13.1 Å². The third-order valence-corrected chi connectivity index (χ3v) is 6.31. The number of benzene rings is 3. The molecule has 2 aliphatic heterocycles. The summed E-state index contributed by atoms with van der Waals surface area (Å²) in [5.74, 6) is 2.89. The highest BCUT2D eigenvalue weighted by atomic mass is 79.9. The fourth-order valence-corrected chi connectivity index (χ4v) is 4.42. The minimum absolute atomic E-state index is 0.128. The second-order valence-electron chi connectivity index (χ2n) is 7.83. The van der Waals surface area contributed by atoms with Gasteiger partial charge in [0.1, 0.15) is 30.1 Å². The molecule has 0 amide bonds. The van der Waals surface area contributed by atoms with Crippen LogP contribution in [0.4, 0.5) is 0 Å². The van der Waals surface area contributed by atoms with E-state index >= 15 is 0 Å². The average Bonchev–Trinajstić information content (AvgIpc) is 3.30. The van der Waals surface area contributed by atoms with Crippen molar-refractivity contribution in [2.45, 2.75) is 13.1 Å². The van der Waals surface area contributed by atoms with E-state index in [2.05, 4.69) is 20.8 Å². The summed E-state index contributed by atoms with van der Waals surface area (Å²) in [5, 5.41) is 0.451. The first kappa shape index (κ1) is 20.1. The van der Waals surface area contributed by atoms with Gasteiger partial charge in [0.15, 0.2) is 11.5 Å². The van der Waals surface area contributed by atoms with Crippen molar-refractivity contribution in [1.82, 2.24) is 4.90 Å². The molecule has 0 aliphatic carbocycles. The van der Waals surface area contributed by atoms with Crippen molar-refractivity contribution < 1.29 is 23.4 Å². The Hall–Kier alpha value is -3.49. The highest BCUT2D eigenvalue weighted by Crippen LogP contribution is 2.36. The highest BCUT2D eigenvalue weighted by molar-refractivity contribution is 9.10. The molecule has 0 fully saturated rings. The Morgan fingerprint density at radius 2 is 1.79 bits per heavy atom. The molecular weight excluding hydrogens is 490 g/mol. The zero-order valence-corrected chi connectivity index (χ0v) is 19.0. The van der Waals surface area contributed by atoms with Crippen molar-refractivity contribution in [3.05, 3.63) is 86.7 Å². The van der Waals surface area contributed by atoms with Gasteiger partial charge in [-0.1, -0.05) is 18.2 Å². The first-order chi connectivity index (χ1) is 16.2. The van der Waals surface area contributed by atoms with Crippen LogP contribution in [0.1, 0.15) is 11.1 Å². The quantitative estimate of drug-likeness (QED) is 0.364. The van der Waals surface area contributed by atoms with Crippen LogP contribution in [0, 0.1) is 0 Å². The zero-order valence-electron chi connectivity index (χ0n) is 17.4. The third-order valence-electron chi connectivity index (χ3n) is 5.65. The summed E-state index contributed by atoms with van der Waals surface area (Å²) in [6.07, 6.45) is 1.36. The summed E-state index contributed by atoms with van der Waals surface area (Å²) in [5.41, 5.74) is 2.19. The predicted molar refractivity (Wildman–Crippen MR) is 124 cm³/mol. The van der Waals surface area contributed by atoms with Gasteiger partial charge in [0.25, 0.3) is 0 Å². The van der Waals surface area contributed by atoms with Gasteiger partial charge >= 0.3 is 0 Å². The van der Waals surface area contributed by atoms with Crippen LogP contribution in [-0.4, -0.2) is 18.4 Å². The van der Waals surface area contributed by atoms with Gasteiger partial charge in [-0.3, -0.25) is 9.69 Å². The van der Waals surface area contributed by atoms with Gasteiger partial charge in [-0.2, -0.15) is 0 Å². The molecule has 0 unspecified atom stereocenters. The molecule has 6 rings (SSSR count). The Kier molecular flexibility index (Phi) is 4.96. The largest absolute Gasteiger partial charge is 0.478 e. The molecule has 3 heterocycles. The maximum absolute atomic E-state index is 13.1. The zero-order chi connectivity index (χ0) is 22.4. The SMILES string of the molecule is O=c1c(Oc2ccccc2Br)coc2c3c(ccc12)OCN(Cc1ccc2c(c1)OCO2)C3. The molecule has 0 saturated heterocycles. The predicted octanol–water partition coefficient (Wildman–Crippen LogP) is 5.43. The molecular formula is C25H18BrNO6. The normalized spacial score (nSPS) is 14.7. The van der Waals surface area contributed by atoms with Crippen molar-refractivity contribution in [3.8, 4) is 28.7 Å². The summed E-state index contributed by atoms with van der Waals surface area (Å²) in [4.78, 5) is 15.3. The van der Waals surface area contributed by atoms with Crippen molar-refractivity contribution in [2.24, 2.45) is 0 Å².